The summed E-state index contributed by atoms with van der Waals surface area (Å²) in [6.07, 6.45) is 1.35. The zero-order valence-corrected chi connectivity index (χ0v) is 14.7. The van der Waals surface area contributed by atoms with Crippen LogP contribution < -0.4 is 0 Å². The maximum absolute atomic E-state index is 10.5. The van der Waals surface area contributed by atoms with Crippen LogP contribution in [-0.4, -0.2) is 85.2 Å². The molecule has 5 heteroatoms. The minimum atomic E-state index is -0.301. The van der Waals surface area contributed by atoms with Crippen LogP contribution in [0.5, 0.6) is 0 Å². The minimum absolute atomic E-state index is 0.257. The summed E-state index contributed by atoms with van der Waals surface area (Å²) >= 11 is 0. The van der Waals surface area contributed by atoms with Crippen molar-refractivity contribution in [1.29, 1.82) is 0 Å². The Hall–Kier alpha value is -0.200. The fourth-order valence-electron chi connectivity index (χ4n) is 3.75. The topological polar surface area (TPSA) is 45.2 Å². The highest BCUT2D eigenvalue weighted by Crippen LogP contribution is 2.17. The quantitative estimate of drug-likeness (QED) is 0.798. The SMILES string of the molecule is CC(C)CC1COCCN1CC(O)CN1CC(C)OC(C)C1. The van der Waals surface area contributed by atoms with Gasteiger partial charge in [-0.2, -0.15) is 0 Å². The number of hydrogen-bond donors (Lipinski definition) is 1. The minimum Gasteiger partial charge on any atom is -0.390 e. The van der Waals surface area contributed by atoms with Crippen molar-refractivity contribution in [2.45, 2.75) is 58.5 Å². The Morgan fingerprint density at radius 2 is 1.82 bits per heavy atom. The van der Waals surface area contributed by atoms with E-state index in [1.54, 1.807) is 0 Å². The molecule has 2 saturated heterocycles. The molecule has 130 valence electrons. The molecule has 0 aromatic carbocycles. The number of rotatable bonds is 6. The van der Waals surface area contributed by atoms with Gasteiger partial charge >= 0.3 is 0 Å². The highest BCUT2D eigenvalue weighted by atomic mass is 16.5. The summed E-state index contributed by atoms with van der Waals surface area (Å²) in [7, 11) is 0. The van der Waals surface area contributed by atoms with Gasteiger partial charge in [0.1, 0.15) is 0 Å². The molecule has 0 amide bonds. The summed E-state index contributed by atoms with van der Waals surface area (Å²) in [5, 5.41) is 10.5. The van der Waals surface area contributed by atoms with Crippen molar-refractivity contribution >= 4 is 0 Å². The number of ether oxygens (including phenoxy) is 2. The van der Waals surface area contributed by atoms with Crippen LogP contribution in [0.3, 0.4) is 0 Å². The third-order valence-electron chi connectivity index (χ3n) is 4.50. The second kappa shape index (κ2) is 8.60. The molecule has 2 rings (SSSR count). The van der Waals surface area contributed by atoms with Crippen LogP contribution >= 0.6 is 0 Å². The molecule has 0 bridgehead atoms. The predicted molar refractivity (Wildman–Crippen MR) is 88.1 cm³/mol. The van der Waals surface area contributed by atoms with E-state index in [4.69, 9.17) is 9.47 Å². The first-order chi connectivity index (χ1) is 10.4. The van der Waals surface area contributed by atoms with E-state index in [1.165, 1.54) is 0 Å². The first kappa shape index (κ1) is 18.1. The number of aliphatic hydroxyl groups excluding tert-OH is 1. The van der Waals surface area contributed by atoms with Crippen LogP contribution in [0.25, 0.3) is 0 Å². The molecular formula is C17H34N2O3. The normalized spacial score (nSPS) is 33.3. The van der Waals surface area contributed by atoms with Gasteiger partial charge in [0.05, 0.1) is 31.5 Å². The van der Waals surface area contributed by atoms with Gasteiger partial charge in [0.15, 0.2) is 0 Å². The number of β-amino-alcohol motifs (C(OH)–C–C–N with tert-alkyl or cyclic N) is 1. The Morgan fingerprint density at radius 3 is 2.45 bits per heavy atom. The van der Waals surface area contributed by atoms with E-state index in [0.717, 1.165) is 52.4 Å². The van der Waals surface area contributed by atoms with Crippen LogP contribution in [0.1, 0.15) is 34.1 Å². The smallest absolute Gasteiger partial charge is 0.0793 e. The standard InChI is InChI=1S/C17H34N2O3/c1-13(2)7-16-12-21-6-5-19(16)11-17(20)10-18-8-14(3)22-15(4)9-18/h13-17,20H,5-12H2,1-4H3. The van der Waals surface area contributed by atoms with E-state index in [1.807, 2.05) is 0 Å². The van der Waals surface area contributed by atoms with Gasteiger partial charge < -0.3 is 14.6 Å². The number of hydrogen-bond acceptors (Lipinski definition) is 5. The lowest BCUT2D eigenvalue weighted by atomic mass is 10.0. The van der Waals surface area contributed by atoms with Crippen molar-refractivity contribution in [1.82, 2.24) is 9.80 Å². The molecule has 22 heavy (non-hydrogen) atoms. The van der Waals surface area contributed by atoms with Crippen molar-refractivity contribution in [2.24, 2.45) is 5.92 Å². The second-order valence-electron chi connectivity index (χ2n) is 7.48. The van der Waals surface area contributed by atoms with Crippen LogP contribution in [0.15, 0.2) is 0 Å². The van der Waals surface area contributed by atoms with Crippen LogP contribution in [0.2, 0.25) is 0 Å². The van der Waals surface area contributed by atoms with Gasteiger partial charge in [0.25, 0.3) is 0 Å². The molecule has 1 N–H and O–H groups in total. The summed E-state index contributed by atoms with van der Waals surface area (Å²) in [6.45, 7) is 14.6. The zero-order valence-electron chi connectivity index (χ0n) is 14.7. The fourth-order valence-corrected chi connectivity index (χ4v) is 3.75. The number of nitrogens with zero attached hydrogens (tertiary/aromatic N) is 2. The van der Waals surface area contributed by atoms with Crippen LogP contribution in [-0.2, 0) is 9.47 Å². The van der Waals surface area contributed by atoms with E-state index in [9.17, 15) is 5.11 Å². The number of morpholine rings is 2. The van der Waals surface area contributed by atoms with Crippen LogP contribution in [0.4, 0.5) is 0 Å². The van der Waals surface area contributed by atoms with Gasteiger partial charge in [-0.15, -0.1) is 0 Å². The van der Waals surface area contributed by atoms with Crippen molar-refractivity contribution in [3.8, 4) is 0 Å². The average Bonchev–Trinajstić information content (AvgIpc) is 2.39. The number of aliphatic hydroxyl groups is 1. The largest absolute Gasteiger partial charge is 0.390 e. The van der Waals surface area contributed by atoms with Crippen molar-refractivity contribution in [3.05, 3.63) is 0 Å². The molecule has 0 radical (unpaired) electrons. The molecule has 2 heterocycles. The Balaban J connectivity index is 1.80. The zero-order chi connectivity index (χ0) is 16.1. The van der Waals surface area contributed by atoms with E-state index in [2.05, 4.69) is 37.5 Å². The lowest BCUT2D eigenvalue weighted by Gasteiger charge is -2.40. The summed E-state index contributed by atoms with van der Waals surface area (Å²) in [6, 6.07) is 0.450. The maximum Gasteiger partial charge on any atom is 0.0793 e. The Bertz CT molecular complexity index is 317. The molecule has 0 saturated carbocycles. The second-order valence-corrected chi connectivity index (χ2v) is 7.48. The third-order valence-corrected chi connectivity index (χ3v) is 4.50. The summed E-state index contributed by atoms with van der Waals surface area (Å²) in [4.78, 5) is 4.75. The maximum atomic E-state index is 10.5. The third kappa shape index (κ3) is 5.78. The van der Waals surface area contributed by atoms with Gasteiger partial charge in [-0.25, -0.2) is 0 Å². The van der Waals surface area contributed by atoms with E-state index in [0.29, 0.717) is 12.0 Å². The summed E-state index contributed by atoms with van der Waals surface area (Å²) < 4.78 is 11.4. The highest BCUT2D eigenvalue weighted by Gasteiger charge is 2.28. The lowest BCUT2D eigenvalue weighted by molar-refractivity contribution is -0.0827. The monoisotopic (exact) mass is 314 g/mol. The molecular weight excluding hydrogens is 280 g/mol. The van der Waals surface area contributed by atoms with E-state index >= 15 is 0 Å². The van der Waals surface area contributed by atoms with E-state index < -0.39 is 0 Å². The molecule has 4 unspecified atom stereocenters. The van der Waals surface area contributed by atoms with Gasteiger partial charge in [-0.05, 0) is 26.2 Å². The molecule has 0 aliphatic carbocycles. The van der Waals surface area contributed by atoms with Crippen LogP contribution in [0, 0.1) is 5.92 Å². The first-order valence-corrected chi connectivity index (χ1v) is 8.81. The van der Waals surface area contributed by atoms with Crippen molar-refractivity contribution < 1.29 is 14.6 Å². The van der Waals surface area contributed by atoms with E-state index in [-0.39, 0.29) is 18.3 Å². The van der Waals surface area contributed by atoms with Crippen molar-refractivity contribution in [2.75, 3.05) is 45.9 Å². The molecule has 2 fully saturated rings. The highest BCUT2D eigenvalue weighted by molar-refractivity contribution is 4.81. The Labute approximate surface area is 135 Å². The van der Waals surface area contributed by atoms with Gasteiger partial charge in [0.2, 0.25) is 0 Å². The van der Waals surface area contributed by atoms with Gasteiger partial charge in [-0.1, -0.05) is 13.8 Å². The predicted octanol–water partition coefficient (Wildman–Crippen LogP) is 1.20. The Morgan fingerprint density at radius 1 is 1.14 bits per heavy atom. The molecule has 4 atom stereocenters. The van der Waals surface area contributed by atoms with Crippen molar-refractivity contribution in [3.63, 3.8) is 0 Å². The summed E-state index contributed by atoms with van der Waals surface area (Å²) in [5.74, 6) is 0.660. The molecule has 0 spiro atoms. The Kier molecular flexibility index (Phi) is 7.09. The average molecular weight is 314 g/mol. The molecule has 2 aliphatic rings. The van der Waals surface area contributed by atoms with Gasteiger partial charge in [0, 0.05) is 38.8 Å². The van der Waals surface area contributed by atoms with Gasteiger partial charge in [-0.3, -0.25) is 9.80 Å². The lowest BCUT2D eigenvalue weighted by Crippen LogP contribution is -2.53. The molecule has 2 aliphatic heterocycles. The molecule has 0 aromatic heterocycles. The molecule has 5 nitrogen and oxygen atoms in total. The molecule has 0 aromatic rings. The first-order valence-electron chi connectivity index (χ1n) is 8.81. The fraction of sp³-hybridized carbons (Fsp3) is 1.00. The summed E-state index contributed by atoms with van der Waals surface area (Å²) in [5.41, 5.74) is 0.